The van der Waals surface area contributed by atoms with E-state index in [1.807, 2.05) is 36.1 Å². The number of nitrogens with one attached hydrogen (secondary N) is 1. The second kappa shape index (κ2) is 5.84. The monoisotopic (exact) mass is 249 g/mol. The van der Waals surface area contributed by atoms with Gasteiger partial charge in [-0.15, -0.1) is 0 Å². The first kappa shape index (κ1) is 12.1. The van der Waals surface area contributed by atoms with Crippen LogP contribution in [0.5, 0.6) is 0 Å². The number of aromatic nitrogens is 2. The molecule has 1 aromatic carbocycles. The van der Waals surface area contributed by atoms with Gasteiger partial charge in [-0.1, -0.05) is 23.7 Å². The van der Waals surface area contributed by atoms with Crippen LogP contribution in [-0.4, -0.2) is 16.3 Å². The molecule has 90 valence electrons. The molecule has 0 unspecified atom stereocenters. The van der Waals surface area contributed by atoms with Gasteiger partial charge in [0, 0.05) is 24.8 Å². The Bertz CT molecular complexity index is 462. The fraction of sp³-hybridized carbons (Fsp3) is 0.308. The summed E-state index contributed by atoms with van der Waals surface area (Å²) in [5.41, 5.74) is 2.37. The Morgan fingerprint density at radius 1 is 1.24 bits per heavy atom. The number of halogens is 1. The molecule has 0 aliphatic heterocycles. The van der Waals surface area contributed by atoms with E-state index in [-0.39, 0.29) is 0 Å². The van der Waals surface area contributed by atoms with Crippen molar-refractivity contribution >= 4 is 11.6 Å². The largest absolute Gasteiger partial charge is 0.311 e. The second-order valence-corrected chi connectivity index (χ2v) is 4.47. The van der Waals surface area contributed by atoms with Gasteiger partial charge in [0.05, 0.1) is 5.69 Å². The molecule has 1 N–H and O–H groups in total. The predicted molar refractivity (Wildman–Crippen MR) is 70.1 cm³/mol. The van der Waals surface area contributed by atoms with Crippen molar-refractivity contribution in [3.8, 4) is 0 Å². The molecule has 0 saturated carbocycles. The normalized spacial score (nSPS) is 10.7. The maximum atomic E-state index is 5.83. The number of rotatable bonds is 5. The van der Waals surface area contributed by atoms with Crippen molar-refractivity contribution in [2.24, 2.45) is 7.05 Å². The highest BCUT2D eigenvalue weighted by Crippen LogP contribution is 2.09. The molecule has 0 spiro atoms. The third kappa shape index (κ3) is 3.88. The van der Waals surface area contributed by atoms with Crippen LogP contribution in [0.15, 0.2) is 36.5 Å². The molecule has 0 saturated heterocycles. The number of nitrogens with zero attached hydrogens (tertiary/aromatic N) is 2. The van der Waals surface area contributed by atoms with E-state index in [2.05, 4.69) is 22.5 Å². The Morgan fingerprint density at radius 2 is 2.00 bits per heavy atom. The van der Waals surface area contributed by atoms with Gasteiger partial charge in [0.25, 0.3) is 0 Å². The standard InChI is InChI=1S/C13H16ClN3/c1-17-9-7-13(16-17)10-15-8-6-11-2-4-12(14)5-3-11/h2-5,7,9,15H,6,8,10H2,1H3. The highest BCUT2D eigenvalue weighted by molar-refractivity contribution is 6.30. The first-order chi connectivity index (χ1) is 8.24. The molecule has 2 rings (SSSR count). The fourth-order valence-corrected chi connectivity index (χ4v) is 1.78. The molecular formula is C13H16ClN3. The maximum absolute atomic E-state index is 5.83. The smallest absolute Gasteiger partial charge is 0.0762 e. The zero-order valence-electron chi connectivity index (χ0n) is 9.86. The Balaban J connectivity index is 1.71. The third-order valence-corrected chi connectivity index (χ3v) is 2.83. The summed E-state index contributed by atoms with van der Waals surface area (Å²) >= 11 is 5.83. The molecule has 0 fully saturated rings. The van der Waals surface area contributed by atoms with Crippen LogP contribution in [0.1, 0.15) is 11.3 Å². The molecule has 0 radical (unpaired) electrons. The van der Waals surface area contributed by atoms with Gasteiger partial charge in [-0.2, -0.15) is 5.10 Å². The Labute approximate surface area is 106 Å². The summed E-state index contributed by atoms with van der Waals surface area (Å²) in [4.78, 5) is 0. The van der Waals surface area contributed by atoms with Crippen molar-refractivity contribution < 1.29 is 0 Å². The van der Waals surface area contributed by atoms with Crippen molar-refractivity contribution in [3.05, 3.63) is 52.8 Å². The Kier molecular flexibility index (Phi) is 4.18. The van der Waals surface area contributed by atoms with Crippen molar-refractivity contribution in [2.45, 2.75) is 13.0 Å². The van der Waals surface area contributed by atoms with E-state index in [1.165, 1.54) is 5.56 Å². The van der Waals surface area contributed by atoms with Crippen molar-refractivity contribution in [1.29, 1.82) is 0 Å². The molecule has 1 heterocycles. The molecule has 4 heteroatoms. The van der Waals surface area contributed by atoms with Gasteiger partial charge >= 0.3 is 0 Å². The van der Waals surface area contributed by atoms with Gasteiger partial charge in [-0.3, -0.25) is 4.68 Å². The lowest BCUT2D eigenvalue weighted by molar-refractivity contribution is 0.654. The van der Waals surface area contributed by atoms with E-state index in [9.17, 15) is 0 Å². The Morgan fingerprint density at radius 3 is 2.65 bits per heavy atom. The predicted octanol–water partition coefficient (Wildman–Crippen LogP) is 2.41. The zero-order chi connectivity index (χ0) is 12.1. The number of benzene rings is 1. The summed E-state index contributed by atoms with van der Waals surface area (Å²) in [6, 6.07) is 10.00. The lowest BCUT2D eigenvalue weighted by Crippen LogP contribution is -2.17. The number of hydrogen-bond acceptors (Lipinski definition) is 2. The van der Waals surface area contributed by atoms with Crippen LogP contribution in [-0.2, 0) is 20.0 Å². The van der Waals surface area contributed by atoms with Crippen LogP contribution < -0.4 is 5.32 Å². The first-order valence-electron chi connectivity index (χ1n) is 5.68. The van der Waals surface area contributed by atoms with Gasteiger partial charge in [-0.25, -0.2) is 0 Å². The van der Waals surface area contributed by atoms with Crippen LogP contribution >= 0.6 is 11.6 Å². The lowest BCUT2D eigenvalue weighted by atomic mass is 10.1. The number of aryl methyl sites for hydroxylation is 1. The van der Waals surface area contributed by atoms with Gasteiger partial charge in [0.2, 0.25) is 0 Å². The summed E-state index contributed by atoms with van der Waals surface area (Å²) in [5.74, 6) is 0. The van der Waals surface area contributed by atoms with Gasteiger partial charge < -0.3 is 5.32 Å². The van der Waals surface area contributed by atoms with E-state index >= 15 is 0 Å². The molecule has 0 aliphatic carbocycles. The molecule has 0 atom stereocenters. The molecule has 3 nitrogen and oxygen atoms in total. The molecule has 1 aromatic heterocycles. The summed E-state index contributed by atoms with van der Waals surface area (Å²) in [6.07, 6.45) is 2.96. The van der Waals surface area contributed by atoms with Crippen LogP contribution in [0.3, 0.4) is 0 Å². The van der Waals surface area contributed by atoms with Crippen LogP contribution in [0, 0.1) is 0 Å². The molecule has 0 amide bonds. The number of hydrogen-bond donors (Lipinski definition) is 1. The third-order valence-electron chi connectivity index (χ3n) is 2.58. The first-order valence-corrected chi connectivity index (χ1v) is 6.05. The van der Waals surface area contributed by atoms with Crippen molar-refractivity contribution in [2.75, 3.05) is 6.54 Å². The SMILES string of the molecule is Cn1ccc(CNCCc2ccc(Cl)cc2)n1. The molecule has 2 aromatic rings. The fourth-order valence-electron chi connectivity index (χ4n) is 1.66. The summed E-state index contributed by atoms with van der Waals surface area (Å²) in [7, 11) is 1.93. The van der Waals surface area contributed by atoms with E-state index in [0.717, 1.165) is 30.2 Å². The van der Waals surface area contributed by atoms with Gasteiger partial charge in [0.15, 0.2) is 0 Å². The van der Waals surface area contributed by atoms with E-state index in [4.69, 9.17) is 11.6 Å². The molecule has 0 bridgehead atoms. The summed E-state index contributed by atoms with van der Waals surface area (Å²) in [5, 5.41) is 8.46. The highest BCUT2D eigenvalue weighted by Gasteiger charge is 1.97. The minimum absolute atomic E-state index is 0.787. The van der Waals surface area contributed by atoms with E-state index in [1.54, 1.807) is 0 Å². The Hall–Kier alpha value is -1.32. The average molecular weight is 250 g/mol. The minimum Gasteiger partial charge on any atom is -0.311 e. The lowest BCUT2D eigenvalue weighted by Gasteiger charge is -2.03. The van der Waals surface area contributed by atoms with Gasteiger partial charge in [-0.05, 0) is 36.7 Å². The van der Waals surface area contributed by atoms with Crippen LogP contribution in [0.4, 0.5) is 0 Å². The summed E-state index contributed by atoms with van der Waals surface area (Å²) < 4.78 is 1.82. The topological polar surface area (TPSA) is 29.9 Å². The highest BCUT2D eigenvalue weighted by atomic mass is 35.5. The molecule has 17 heavy (non-hydrogen) atoms. The maximum Gasteiger partial charge on any atom is 0.0762 e. The van der Waals surface area contributed by atoms with Crippen molar-refractivity contribution in [3.63, 3.8) is 0 Å². The quantitative estimate of drug-likeness (QED) is 0.825. The zero-order valence-corrected chi connectivity index (χ0v) is 10.6. The van der Waals surface area contributed by atoms with Gasteiger partial charge in [0.1, 0.15) is 0 Å². The second-order valence-electron chi connectivity index (χ2n) is 4.03. The van der Waals surface area contributed by atoms with Crippen molar-refractivity contribution in [1.82, 2.24) is 15.1 Å². The van der Waals surface area contributed by atoms with Crippen LogP contribution in [0.25, 0.3) is 0 Å². The molecular weight excluding hydrogens is 234 g/mol. The van der Waals surface area contributed by atoms with E-state index in [0.29, 0.717) is 0 Å². The van der Waals surface area contributed by atoms with E-state index < -0.39 is 0 Å². The average Bonchev–Trinajstić information content (AvgIpc) is 2.73. The molecule has 0 aliphatic rings. The minimum atomic E-state index is 0.787. The summed E-state index contributed by atoms with van der Waals surface area (Å²) in [6.45, 7) is 1.76. The van der Waals surface area contributed by atoms with Crippen LogP contribution in [0.2, 0.25) is 5.02 Å².